The minimum atomic E-state index is -0.559. The number of carbonyl (C=O) groups excluding carboxylic acids is 1. The van der Waals surface area contributed by atoms with Crippen LogP contribution in [0.4, 0.5) is 0 Å². The van der Waals surface area contributed by atoms with Crippen molar-refractivity contribution < 1.29 is 9.53 Å². The molecule has 1 atom stereocenters. The maximum Gasteiger partial charge on any atom is 0.351 e. The highest BCUT2D eigenvalue weighted by atomic mass is 32.1. The Hall–Kier alpha value is -2.97. The van der Waals surface area contributed by atoms with E-state index in [1.807, 2.05) is 35.7 Å². The number of benzene rings is 1. The molecule has 0 fully saturated rings. The Balaban J connectivity index is 1.63. The fourth-order valence-electron chi connectivity index (χ4n) is 2.50. The molecular weight excluding hydrogens is 380 g/mol. The van der Waals surface area contributed by atoms with Crippen molar-refractivity contribution >= 4 is 28.6 Å². The molecule has 1 aromatic carbocycles. The Morgan fingerprint density at radius 2 is 1.81 bits per heavy atom. The number of hydrogen-bond acceptors (Lipinski definition) is 8. The molecule has 0 aliphatic carbocycles. The van der Waals surface area contributed by atoms with Crippen LogP contribution in [0, 0.1) is 6.92 Å². The SMILES string of the molecule is Cc1nc(-c2ncccn2)sc1C(=O)OC(c1ccccc1)c1nccs1. The molecule has 0 saturated carbocycles. The van der Waals surface area contributed by atoms with E-state index in [-0.39, 0.29) is 0 Å². The molecule has 8 heteroatoms. The molecule has 0 aliphatic rings. The second kappa shape index (κ2) is 7.73. The minimum Gasteiger partial charge on any atom is -0.446 e. The van der Waals surface area contributed by atoms with E-state index in [2.05, 4.69) is 19.9 Å². The van der Waals surface area contributed by atoms with Gasteiger partial charge in [-0.25, -0.2) is 24.7 Å². The number of ether oxygens (including phenoxy) is 1. The van der Waals surface area contributed by atoms with Gasteiger partial charge in [0.1, 0.15) is 9.88 Å². The van der Waals surface area contributed by atoms with Gasteiger partial charge >= 0.3 is 5.97 Å². The number of hydrogen-bond donors (Lipinski definition) is 0. The van der Waals surface area contributed by atoms with Crippen molar-refractivity contribution in [2.75, 3.05) is 0 Å². The van der Waals surface area contributed by atoms with Crippen LogP contribution in [0.15, 0.2) is 60.4 Å². The van der Waals surface area contributed by atoms with Gasteiger partial charge in [0.2, 0.25) is 0 Å². The lowest BCUT2D eigenvalue weighted by Crippen LogP contribution is -2.12. The molecule has 4 aromatic rings. The predicted octanol–water partition coefficient (Wildman–Crippen LogP) is 4.31. The molecule has 0 bridgehead atoms. The third kappa shape index (κ3) is 3.76. The maximum absolute atomic E-state index is 12.9. The molecule has 4 rings (SSSR count). The summed E-state index contributed by atoms with van der Waals surface area (Å²) in [5.74, 6) is 0.0559. The van der Waals surface area contributed by atoms with Gasteiger partial charge in [0.05, 0.1) is 5.69 Å². The lowest BCUT2D eigenvalue weighted by Gasteiger charge is -2.15. The molecule has 0 saturated heterocycles. The fourth-order valence-corrected chi connectivity index (χ4v) is 4.09. The lowest BCUT2D eigenvalue weighted by atomic mass is 10.1. The van der Waals surface area contributed by atoms with Crippen LogP contribution < -0.4 is 0 Å². The van der Waals surface area contributed by atoms with Crippen LogP contribution in [-0.4, -0.2) is 25.9 Å². The van der Waals surface area contributed by atoms with Crippen LogP contribution in [0.25, 0.3) is 10.8 Å². The predicted molar refractivity (Wildman–Crippen MR) is 104 cm³/mol. The van der Waals surface area contributed by atoms with Crippen LogP contribution in [0.3, 0.4) is 0 Å². The van der Waals surface area contributed by atoms with Crippen molar-refractivity contribution in [1.82, 2.24) is 19.9 Å². The Bertz CT molecular complexity index is 1030. The number of rotatable bonds is 5. The Labute approximate surface area is 163 Å². The first-order valence-electron chi connectivity index (χ1n) is 8.12. The first-order chi connectivity index (χ1) is 13.2. The van der Waals surface area contributed by atoms with Crippen LogP contribution in [-0.2, 0) is 4.74 Å². The summed E-state index contributed by atoms with van der Waals surface area (Å²) < 4.78 is 5.84. The van der Waals surface area contributed by atoms with E-state index in [4.69, 9.17) is 4.74 Å². The van der Waals surface area contributed by atoms with Crippen LogP contribution in [0.1, 0.15) is 32.0 Å². The van der Waals surface area contributed by atoms with Gasteiger partial charge in [-0.15, -0.1) is 22.7 Å². The van der Waals surface area contributed by atoms with E-state index in [0.29, 0.717) is 21.4 Å². The number of thiazole rings is 2. The molecular formula is C19H14N4O2S2. The molecule has 0 radical (unpaired) electrons. The summed E-state index contributed by atoms with van der Waals surface area (Å²) in [6.07, 6.45) is 4.43. The molecule has 3 heterocycles. The number of esters is 1. The quantitative estimate of drug-likeness (QED) is 0.469. The smallest absolute Gasteiger partial charge is 0.351 e. The van der Waals surface area contributed by atoms with Gasteiger partial charge in [0.15, 0.2) is 16.9 Å². The molecule has 0 spiro atoms. The van der Waals surface area contributed by atoms with Gasteiger partial charge in [-0.1, -0.05) is 30.3 Å². The van der Waals surface area contributed by atoms with E-state index in [1.165, 1.54) is 22.7 Å². The summed E-state index contributed by atoms with van der Waals surface area (Å²) in [6.45, 7) is 1.78. The summed E-state index contributed by atoms with van der Waals surface area (Å²) >= 11 is 2.68. The van der Waals surface area contributed by atoms with Crippen molar-refractivity contribution in [1.29, 1.82) is 0 Å². The van der Waals surface area contributed by atoms with Gasteiger partial charge in [0, 0.05) is 24.0 Å². The zero-order valence-corrected chi connectivity index (χ0v) is 15.9. The highest BCUT2D eigenvalue weighted by Gasteiger charge is 2.25. The third-order valence-electron chi connectivity index (χ3n) is 3.74. The largest absolute Gasteiger partial charge is 0.446 e. The van der Waals surface area contributed by atoms with Crippen molar-refractivity contribution in [2.45, 2.75) is 13.0 Å². The molecule has 6 nitrogen and oxygen atoms in total. The van der Waals surface area contributed by atoms with E-state index in [1.54, 1.807) is 31.6 Å². The van der Waals surface area contributed by atoms with Crippen molar-refractivity contribution in [3.8, 4) is 10.8 Å². The molecule has 0 N–H and O–H groups in total. The highest BCUT2D eigenvalue weighted by molar-refractivity contribution is 7.17. The second-order valence-electron chi connectivity index (χ2n) is 5.57. The fraction of sp³-hybridized carbons (Fsp3) is 0.105. The van der Waals surface area contributed by atoms with E-state index in [0.717, 1.165) is 10.6 Å². The van der Waals surface area contributed by atoms with Crippen LogP contribution in [0.2, 0.25) is 0 Å². The first kappa shape index (κ1) is 17.4. The molecule has 27 heavy (non-hydrogen) atoms. The van der Waals surface area contributed by atoms with Crippen LogP contribution >= 0.6 is 22.7 Å². The topological polar surface area (TPSA) is 77.9 Å². The minimum absolute atomic E-state index is 0.434. The Morgan fingerprint density at radius 3 is 2.52 bits per heavy atom. The Morgan fingerprint density at radius 1 is 1.04 bits per heavy atom. The first-order valence-corrected chi connectivity index (χ1v) is 9.82. The standard InChI is InChI=1S/C19H14N4O2S2/c1-12-15(27-18(23-12)16-20-8-5-9-21-16)19(24)25-14(17-22-10-11-26-17)13-6-3-2-4-7-13/h2-11,14H,1H3. The second-order valence-corrected chi connectivity index (χ2v) is 7.50. The molecule has 134 valence electrons. The number of aromatic nitrogens is 4. The molecule has 0 aliphatic heterocycles. The van der Waals surface area contributed by atoms with Crippen molar-refractivity contribution in [3.63, 3.8) is 0 Å². The van der Waals surface area contributed by atoms with Gasteiger partial charge in [-0.05, 0) is 18.6 Å². The van der Waals surface area contributed by atoms with Crippen LogP contribution in [0.5, 0.6) is 0 Å². The van der Waals surface area contributed by atoms with E-state index < -0.39 is 12.1 Å². The van der Waals surface area contributed by atoms with Gasteiger partial charge in [0.25, 0.3) is 0 Å². The van der Waals surface area contributed by atoms with Gasteiger partial charge in [-0.3, -0.25) is 0 Å². The summed E-state index contributed by atoms with van der Waals surface area (Å²) in [5.41, 5.74) is 1.47. The lowest BCUT2D eigenvalue weighted by molar-refractivity contribution is 0.0382. The zero-order valence-electron chi connectivity index (χ0n) is 14.3. The van der Waals surface area contributed by atoms with Crippen molar-refractivity contribution in [3.05, 3.63) is 81.5 Å². The summed E-state index contributed by atoms with van der Waals surface area (Å²) in [4.78, 5) is 30.4. The van der Waals surface area contributed by atoms with E-state index >= 15 is 0 Å². The molecule has 0 amide bonds. The average Bonchev–Trinajstić information content (AvgIpc) is 3.37. The maximum atomic E-state index is 12.9. The zero-order chi connectivity index (χ0) is 18.6. The summed E-state index contributed by atoms with van der Waals surface area (Å²) in [5, 5.41) is 3.18. The average molecular weight is 394 g/mol. The number of aryl methyl sites for hydroxylation is 1. The number of carbonyl (C=O) groups is 1. The summed E-state index contributed by atoms with van der Waals surface area (Å²) in [6, 6.07) is 11.3. The third-order valence-corrected chi connectivity index (χ3v) is 5.69. The van der Waals surface area contributed by atoms with E-state index in [9.17, 15) is 4.79 Å². The van der Waals surface area contributed by atoms with Crippen molar-refractivity contribution in [2.24, 2.45) is 0 Å². The highest BCUT2D eigenvalue weighted by Crippen LogP contribution is 2.31. The summed E-state index contributed by atoms with van der Waals surface area (Å²) in [7, 11) is 0. The normalized spacial score (nSPS) is 11.9. The van der Waals surface area contributed by atoms with Gasteiger partial charge < -0.3 is 4.74 Å². The number of nitrogens with zero attached hydrogens (tertiary/aromatic N) is 4. The monoisotopic (exact) mass is 394 g/mol. The Kier molecular flexibility index (Phi) is 4.99. The molecule has 1 unspecified atom stereocenters. The molecule has 3 aromatic heterocycles. The van der Waals surface area contributed by atoms with Gasteiger partial charge in [-0.2, -0.15) is 0 Å².